The summed E-state index contributed by atoms with van der Waals surface area (Å²) in [5, 5.41) is 0. The van der Waals surface area contributed by atoms with Crippen molar-refractivity contribution in [3.63, 3.8) is 0 Å². The minimum Gasteiger partial charge on any atom is -0.496 e. The molecule has 1 aliphatic rings. The van der Waals surface area contributed by atoms with Gasteiger partial charge in [0, 0.05) is 17.7 Å². The van der Waals surface area contributed by atoms with Crippen molar-refractivity contribution < 1.29 is 9.47 Å². The smallest absolute Gasteiger partial charge is 0.130 e. The molecular formula is C17H19NO2. The summed E-state index contributed by atoms with van der Waals surface area (Å²) in [6, 6.07) is 12.5. The molecule has 0 amide bonds. The molecule has 0 bridgehead atoms. The Hall–Kier alpha value is -2.00. The highest BCUT2D eigenvalue weighted by Crippen LogP contribution is 2.37. The van der Waals surface area contributed by atoms with E-state index >= 15 is 0 Å². The first-order valence-electron chi connectivity index (χ1n) is 6.95. The van der Waals surface area contributed by atoms with Crippen LogP contribution in [0.5, 0.6) is 11.5 Å². The van der Waals surface area contributed by atoms with Gasteiger partial charge in [-0.05, 0) is 36.1 Å². The predicted molar refractivity (Wildman–Crippen MR) is 80.1 cm³/mol. The Morgan fingerprint density at radius 1 is 1.25 bits per heavy atom. The van der Waals surface area contributed by atoms with E-state index in [2.05, 4.69) is 30.3 Å². The van der Waals surface area contributed by atoms with Crippen molar-refractivity contribution in [2.75, 3.05) is 13.7 Å². The number of aryl methyl sites for hydroxylation is 1. The van der Waals surface area contributed by atoms with Crippen LogP contribution in [0.3, 0.4) is 0 Å². The zero-order chi connectivity index (χ0) is 13.9. The summed E-state index contributed by atoms with van der Waals surface area (Å²) < 4.78 is 11.2. The van der Waals surface area contributed by atoms with Gasteiger partial charge in [0.1, 0.15) is 11.5 Å². The Kier molecular flexibility index (Phi) is 3.61. The fraction of sp³-hybridized carbons (Fsp3) is 0.294. The van der Waals surface area contributed by atoms with Gasteiger partial charge in [-0.2, -0.15) is 0 Å². The number of benzene rings is 2. The highest BCUT2D eigenvalue weighted by molar-refractivity contribution is 5.73. The molecule has 0 saturated heterocycles. The number of fused-ring (bicyclic) bond motifs is 1. The van der Waals surface area contributed by atoms with Gasteiger partial charge in [-0.15, -0.1) is 0 Å². The molecule has 1 heterocycles. The third-order valence-electron chi connectivity index (χ3n) is 3.74. The third-order valence-corrected chi connectivity index (χ3v) is 3.74. The Labute approximate surface area is 119 Å². The highest BCUT2D eigenvalue weighted by Gasteiger charge is 2.16. The summed E-state index contributed by atoms with van der Waals surface area (Å²) in [6.45, 7) is 1.26. The van der Waals surface area contributed by atoms with Crippen LogP contribution < -0.4 is 15.2 Å². The van der Waals surface area contributed by atoms with Gasteiger partial charge in [0.2, 0.25) is 0 Å². The van der Waals surface area contributed by atoms with E-state index in [1.807, 2.05) is 6.07 Å². The number of hydrogen-bond acceptors (Lipinski definition) is 3. The van der Waals surface area contributed by atoms with E-state index < -0.39 is 0 Å². The van der Waals surface area contributed by atoms with Crippen molar-refractivity contribution in [1.29, 1.82) is 0 Å². The molecule has 0 spiro atoms. The number of rotatable bonds is 3. The maximum atomic E-state index is 5.88. The molecule has 2 N–H and O–H groups in total. The lowest BCUT2D eigenvalue weighted by Crippen LogP contribution is -2.09. The van der Waals surface area contributed by atoms with Crippen LogP contribution >= 0.6 is 0 Å². The first kappa shape index (κ1) is 13.0. The second-order valence-electron chi connectivity index (χ2n) is 4.98. The van der Waals surface area contributed by atoms with Gasteiger partial charge in [0.05, 0.1) is 13.7 Å². The zero-order valence-electron chi connectivity index (χ0n) is 11.7. The second kappa shape index (κ2) is 5.55. The number of nitrogens with two attached hydrogens (primary N) is 1. The summed E-state index contributed by atoms with van der Waals surface area (Å²) >= 11 is 0. The molecule has 2 aromatic carbocycles. The van der Waals surface area contributed by atoms with Gasteiger partial charge in [0.15, 0.2) is 0 Å². The molecule has 3 rings (SSSR count). The molecule has 0 fully saturated rings. The normalized spacial score (nSPS) is 13.5. The van der Waals surface area contributed by atoms with E-state index in [1.165, 1.54) is 5.56 Å². The quantitative estimate of drug-likeness (QED) is 0.931. The van der Waals surface area contributed by atoms with Crippen LogP contribution in [0.2, 0.25) is 0 Å². The van der Waals surface area contributed by atoms with Crippen molar-refractivity contribution >= 4 is 0 Å². The van der Waals surface area contributed by atoms with Gasteiger partial charge in [-0.1, -0.05) is 24.3 Å². The molecule has 0 saturated carbocycles. The molecule has 0 atom stereocenters. The number of para-hydroxylation sites is 1. The third kappa shape index (κ3) is 2.25. The molecular weight excluding hydrogens is 250 g/mol. The van der Waals surface area contributed by atoms with Crippen molar-refractivity contribution in [3.8, 4) is 22.6 Å². The van der Waals surface area contributed by atoms with Crippen molar-refractivity contribution in [2.45, 2.75) is 19.4 Å². The van der Waals surface area contributed by atoms with Gasteiger partial charge in [-0.3, -0.25) is 0 Å². The lowest BCUT2D eigenvalue weighted by molar-refractivity contribution is 0.289. The average Bonchev–Trinajstić information content (AvgIpc) is 2.53. The zero-order valence-corrected chi connectivity index (χ0v) is 11.7. The molecule has 104 valence electrons. The Bertz CT molecular complexity index is 622. The van der Waals surface area contributed by atoms with Crippen molar-refractivity contribution in [3.05, 3.63) is 47.5 Å². The minimum absolute atomic E-state index is 0.465. The van der Waals surface area contributed by atoms with Crippen molar-refractivity contribution in [2.24, 2.45) is 5.73 Å². The Balaban J connectivity index is 2.09. The van der Waals surface area contributed by atoms with E-state index in [-0.39, 0.29) is 0 Å². The summed E-state index contributed by atoms with van der Waals surface area (Å²) in [6.07, 6.45) is 2.18. The van der Waals surface area contributed by atoms with Crippen LogP contribution in [0, 0.1) is 0 Å². The topological polar surface area (TPSA) is 44.5 Å². The monoisotopic (exact) mass is 269 g/mol. The lowest BCUT2D eigenvalue weighted by atomic mass is 9.96. The molecule has 1 aliphatic heterocycles. The molecule has 20 heavy (non-hydrogen) atoms. The second-order valence-corrected chi connectivity index (χ2v) is 4.98. The van der Waals surface area contributed by atoms with Crippen LogP contribution in [-0.2, 0) is 13.0 Å². The number of ether oxygens (including phenoxy) is 2. The molecule has 0 radical (unpaired) electrons. The maximum absolute atomic E-state index is 5.88. The van der Waals surface area contributed by atoms with E-state index in [1.54, 1.807) is 7.11 Å². The number of hydrogen-bond donors (Lipinski definition) is 1. The van der Waals surface area contributed by atoms with Crippen LogP contribution in [-0.4, -0.2) is 13.7 Å². The molecule has 0 unspecified atom stereocenters. The van der Waals surface area contributed by atoms with Crippen molar-refractivity contribution in [1.82, 2.24) is 0 Å². The highest BCUT2D eigenvalue weighted by atomic mass is 16.5. The Morgan fingerprint density at radius 2 is 2.15 bits per heavy atom. The van der Waals surface area contributed by atoms with E-state index in [9.17, 15) is 0 Å². The minimum atomic E-state index is 0.465. The summed E-state index contributed by atoms with van der Waals surface area (Å²) in [4.78, 5) is 0. The Morgan fingerprint density at radius 3 is 2.95 bits per heavy atom. The summed E-state index contributed by atoms with van der Waals surface area (Å²) in [7, 11) is 1.67. The molecule has 3 nitrogen and oxygen atoms in total. The summed E-state index contributed by atoms with van der Waals surface area (Å²) in [5.74, 6) is 1.86. The van der Waals surface area contributed by atoms with Gasteiger partial charge >= 0.3 is 0 Å². The summed E-state index contributed by atoms with van der Waals surface area (Å²) in [5.41, 5.74) is 10.4. The van der Waals surface area contributed by atoms with Crippen LogP contribution in [0.4, 0.5) is 0 Å². The first-order chi connectivity index (χ1) is 9.83. The maximum Gasteiger partial charge on any atom is 0.130 e. The average molecular weight is 269 g/mol. The van der Waals surface area contributed by atoms with Gasteiger partial charge in [0.25, 0.3) is 0 Å². The SMILES string of the molecule is COc1ccc(-c2cccc3c2OCCC3)cc1CN. The molecule has 2 aromatic rings. The molecule has 0 aromatic heterocycles. The predicted octanol–water partition coefficient (Wildman–Crippen LogP) is 3.15. The fourth-order valence-corrected chi connectivity index (χ4v) is 2.72. The van der Waals surface area contributed by atoms with E-state index in [0.717, 1.165) is 47.6 Å². The van der Waals surface area contributed by atoms with Crippen LogP contribution in [0.15, 0.2) is 36.4 Å². The molecule has 3 heteroatoms. The molecule has 0 aliphatic carbocycles. The van der Waals surface area contributed by atoms with Crippen LogP contribution in [0.25, 0.3) is 11.1 Å². The van der Waals surface area contributed by atoms with Crippen LogP contribution in [0.1, 0.15) is 17.5 Å². The van der Waals surface area contributed by atoms with E-state index in [0.29, 0.717) is 6.54 Å². The van der Waals surface area contributed by atoms with E-state index in [4.69, 9.17) is 15.2 Å². The first-order valence-corrected chi connectivity index (χ1v) is 6.95. The largest absolute Gasteiger partial charge is 0.496 e. The van der Waals surface area contributed by atoms with Gasteiger partial charge in [-0.25, -0.2) is 0 Å². The number of methoxy groups -OCH3 is 1. The fourth-order valence-electron chi connectivity index (χ4n) is 2.72. The standard InChI is InChI=1S/C17H19NO2/c1-19-16-8-7-13(10-14(16)11-18)15-6-2-4-12-5-3-9-20-17(12)15/h2,4,6-8,10H,3,5,9,11,18H2,1H3. The van der Waals surface area contributed by atoms with Gasteiger partial charge < -0.3 is 15.2 Å². The lowest BCUT2D eigenvalue weighted by Gasteiger charge is -2.21.